The summed E-state index contributed by atoms with van der Waals surface area (Å²) < 4.78 is 0. The van der Waals surface area contributed by atoms with E-state index in [-0.39, 0.29) is 5.91 Å². The topological polar surface area (TPSA) is 66.9 Å². The van der Waals surface area contributed by atoms with Gasteiger partial charge in [0, 0.05) is 24.2 Å². The van der Waals surface area contributed by atoms with Crippen LogP contribution in [0.5, 0.6) is 0 Å². The standard InChI is InChI=1S/C17H21ClN4O/c1-2-3-9-19-16-11-15(21-12-22-16)17(23)20-10-8-13-4-6-14(18)7-5-13/h4-7,11-12H,2-3,8-10H2,1H3,(H,20,23)(H,19,21,22). The predicted molar refractivity (Wildman–Crippen MR) is 92.9 cm³/mol. The molecule has 0 saturated carbocycles. The van der Waals surface area contributed by atoms with Gasteiger partial charge in [0.25, 0.3) is 5.91 Å². The lowest BCUT2D eigenvalue weighted by atomic mass is 10.1. The number of amides is 1. The van der Waals surface area contributed by atoms with Crippen molar-refractivity contribution in [3.05, 3.63) is 52.9 Å². The van der Waals surface area contributed by atoms with Crippen molar-refractivity contribution < 1.29 is 4.79 Å². The molecular weight excluding hydrogens is 312 g/mol. The molecule has 2 rings (SSSR count). The quantitative estimate of drug-likeness (QED) is 0.728. The molecule has 0 aliphatic heterocycles. The van der Waals surface area contributed by atoms with Crippen molar-refractivity contribution in [2.45, 2.75) is 26.2 Å². The van der Waals surface area contributed by atoms with Crippen LogP contribution in [-0.4, -0.2) is 29.0 Å². The molecule has 1 amide bonds. The number of hydrogen-bond acceptors (Lipinski definition) is 4. The first-order valence-electron chi connectivity index (χ1n) is 7.77. The number of carbonyl (C=O) groups is 1. The second-order valence-electron chi connectivity index (χ2n) is 5.20. The van der Waals surface area contributed by atoms with Gasteiger partial charge in [0.05, 0.1) is 0 Å². The van der Waals surface area contributed by atoms with E-state index in [4.69, 9.17) is 11.6 Å². The lowest BCUT2D eigenvalue weighted by Gasteiger charge is -2.07. The summed E-state index contributed by atoms with van der Waals surface area (Å²) in [6.07, 6.45) is 4.32. The van der Waals surface area contributed by atoms with E-state index in [1.54, 1.807) is 6.07 Å². The van der Waals surface area contributed by atoms with Crippen LogP contribution in [-0.2, 0) is 6.42 Å². The van der Waals surface area contributed by atoms with Gasteiger partial charge in [-0.1, -0.05) is 37.1 Å². The molecule has 0 spiro atoms. The summed E-state index contributed by atoms with van der Waals surface area (Å²) in [7, 11) is 0. The van der Waals surface area contributed by atoms with Crippen molar-refractivity contribution in [2.75, 3.05) is 18.4 Å². The summed E-state index contributed by atoms with van der Waals surface area (Å²) in [4.78, 5) is 20.3. The third-order valence-electron chi connectivity index (χ3n) is 3.35. The average molecular weight is 333 g/mol. The molecule has 0 unspecified atom stereocenters. The highest BCUT2D eigenvalue weighted by molar-refractivity contribution is 6.30. The molecule has 1 aromatic carbocycles. The van der Waals surface area contributed by atoms with Gasteiger partial charge in [-0.3, -0.25) is 4.79 Å². The third-order valence-corrected chi connectivity index (χ3v) is 3.60. The summed E-state index contributed by atoms with van der Waals surface area (Å²) in [5, 5.41) is 6.76. The maximum Gasteiger partial charge on any atom is 0.270 e. The number of anilines is 1. The number of nitrogens with one attached hydrogen (secondary N) is 2. The van der Waals surface area contributed by atoms with Crippen LogP contribution in [0.1, 0.15) is 35.8 Å². The monoisotopic (exact) mass is 332 g/mol. The molecule has 1 aromatic heterocycles. The molecule has 0 aliphatic rings. The van der Waals surface area contributed by atoms with Gasteiger partial charge in [0.1, 0.15) is 17.8 Å². The number of hydrogen-bond donors (Lipinski definition) is 2. The SMILES string of the molecule is CCCCNc1cc(C(=O)NCCc2ccc(Cl)cc2)ncn1. The Morgan fingerprint density at radius 1 is 1.17 bits per heavy atom. The first-order valence-corrected chi connectivity index (χ1v) is 8.15. The molecule has 0 atom stereocenters. The molecular formula is C17H21ClN4O. The molecule has 2 N–H and O–H groups in total. The Morgan fingerprint density at radius 2 is 1.96 bits per heavy atom. The molecule has 0 aliphatic carbocycles. The maximum absolute atomic E-state index is 12.1. The molecule has 122 valence electrons. The summed E-state index contributed by atoms with van der Waals surface area (Å²) >= 11 is 5.85. The molecule has 0 bridgehead atoms. The van der Waals surface area contributed by atoms with Gasteiger partial charge in [-0.2, -0.15) is 0 Å². The minimum absolute atomic E-state index is 0.195. The van der Waals surface area contributed by atoms with E-state index in [9.17, 15) is 4.79 Å². The number of unbranched alkanes of at least 4 members (excludes halogenated alkanes) is 1. The zero-order valence-corrected chi connectivity index (χ0v) is 13.9. The highest BCUT2D eigenvalue weighted by Crippen LogP contribution is 2.09. The van der Waals surface area contributed by atoms with Crippen LogP contribution in [0.25, 0.3) is 0 Å². The number of aromatic nitrogens is 2. The minimum atomic E-state index is -0.195. The Morgan fingerprint density at radius 3 is 2.70 bits per heavy atom. The fourth-order valence-electron chi connectivity index (χ4n) is 2.03. The Kier molecular flexibility index (Phi) is 6.81. The Bertz CT molecular complexity index is 631. The first-order chi connectivity index (χ1) is 11.2. The molecule has 0 radical (unpaired) electrons. The van der Waals surface area contributed by atoms with Gasteiger partial charge in [-0.25, -0.2) is 9.97 Å². The molecule has 1 heterocycles. The summed E-state index contributed by atoms with van der Waals surface area (Å²) in [5.41, 5.74) is 1.49. The molecule has 5 nitrogen and oxygen atoms in total. The lowest BCUT2D eigenvalue weighted by molar-refractivity contribution is 0.0949. The predicted octanol–water partition coefficient (Wildman–Crippen LogP) is 3.31. The van der Waals surface area contributed by atoms with E-state index in [1.165, 1.54) is 6.33 Å². The minimum Gasteiger partial charge on any atom is -0.370 e. The number of benzene rings is 1. The van der Waals surface area contributed by atoms with E-state index in [2.05, 4.69) is 27.5 Å². The fourth-order valence-corrected chi connectivity index (χ4v) is 2.16. The van der Waals surface area contributed by atoms with Gasteiger partial charge >= 0.3 is 0 Å². The van der Waals surface area contributed by atoms with Crippen LogP contribution in [0.4, 0.5) is 5.82 Å². The molecule has 6 heteroatoms. The van der Waals surface area contributed by atoms with Crippen LogP contribution in [0.3, 0.4) is 0 Å². The number of carbonyl (C=O) groups excluding carboxylic acids is 1. The Hall–Kier alpha value is -2.14. The maximum atomic E-state index is 12.1. The van der Waals surface area contributed by atoms with E-state index in [1.807, 2.05) is 24.3 Å². The highest BCUT2D eigenvalue weighted by Gasteiger charge is 2.08. The zero-order chi connectivity index (χ0) is 16.5. The lowest BCUT2D eigenvalue weighted by Crippen LogP contribution is -2.26. The van der Waals surface area contributed by atoms with Crippen molar-refractivity contribution in [3.8, 4) is 0 Å². The van der Waals surface area contributed by atoms with Gasteiger partial charge in [0.15, 0.2) is 0 Å². The molecule has 0 fully saturated rings. The normalized spacial score (nSPS) is 10.3. The zero-order valence-electron chi connectivity index (χ0n) is 13.2. The van der Waals surface area contributed by atoms with E-state index in [0.29, 0.717) is 23.1 Å². The van der Waals surface area contributed by atoms with Crippen molar-refractivity contribution >= 4 is 23.3 Å². The van der Waals surface area contributed by atoms with Crippen LogP contribution in [0, 0.1) is 0 Å². The highest BCUT2D eigenvalue weighted by atomic mass is 35.5. The van der Waals surface area contributed by atoms with Crippen molar-refractivity contribution in [2.24, 2.45) is 0 Å². The van der Waals surface area contributed by atoms with Crippen LogP contribution in [0.2, 0.25) is 5.02 Å². The van der Waals surface area contributed by atoms with Crippen LogP contribution < -0.4 is 10.6 Å². The van der Waals surface area contributed by atoms with Crippen molar-refractivity contribution in [1.29, 1.82) is 0 Å². The summed E-state index contributed by atoms with van der Waals surface area (Å²) in [6, 6.07) is 9.27. The van der Waals surface area contributed by atoms with Gasteiger partial charge in [-0.05, 0) is 30.5 Å². The second kappa shape index (κ2) is 9.10. The smallest absolute Gasteiger partial charge is 0.270 e. The molecule has 0 saturated heterocycles. The van der Waals surface area contributed by atoms with Gasteiger partial charge in [0.2, 0.25) is 0 Å². The Labute approximate surface area is 141 Å². The Balaban J connectivity index is 1.82. The number of rotatable bonds is 8. The number of halogens is 1. The van der Waals surface area contributed by atoms with E-state index < -0.39 is 0 Å². The van der Waals surface area contributed by atoms with Gasteiger partial charge < -0.3 is 10.6 Å². The van der Waals surface area contributed by atoms with E-state index in [0.717, 1.165) is 31.4 Å². The van der Waals surface area contributed by atoms with Crippen molar-refractivity contribution in [1.82, 2.24) is 15.3 Å². The van der Waals surface area contributed by atoms with E-state index >= 15 is 0 Å². The third kappa shape index (κ3) is 5.87. The summed E-state index contributed by atoms with van der Waals surface area (Å²) in [6.45, 7) is 3.51. The number of nitrogens with zero attached hydrogens (tertiary/aromatic N) is 2. The largest absolute Gasteiger partial charge is 0.370 e. The van der Waals surface area contributed by atoms with Gasteiger partial charge in [-0.15, -0.1) is 0 Å². The van der Waals surface area contributed by atoms with Crippen molar-refractivity contribution in [3.63, 3.8) is 0 Å². The van der Waals surface area contributed by atoms with Crippen LogP contribution in [0.15, 0.2) is 36.7 Å². The first kappa shape index (κ1) is 17.2. The molecule has 2 aromatic rings. The molecule has 23 heavy (non-hydrogen) atoms. The fraction of sp³-hybridized carbons (Fsp3) is 0.353. The average Bonchev–Trinajstić information content (AvgIpc) is 2.57. The van der Waals surface area contributed by atoms with Crippen LogP contribution >= 0.6 is 11.6 Å². The second-order valence-corrected chi connectivity index (χ2v) is 5.64. The summed E-state index contributed by atoms with van der Waals surface area (Å²) in [5.74, 6) is 0.483.